The summed E-state index contributed by atoms with van der Waals surface area (Å²) < 4.78 is 5.31. The van der Waals surface area contributed by atoms with Gasteiger partial charge in [-0.1, -0.05) is 72.8 Å². The maximum Gasteiger partial charge on any atom is 0.118 e. The van der Waals surface area contributed by atoms with Crippen molar-refractivity contribution in [1.82, 2.24) is 4.90 Å². The molecule has 0 saturated carbocycles. The van der Waals surface area contributed by atoms with Gasteiger partial charge in [-0.3, -0.25) is 9.89 Å². The first kappa shape index (κ1) is 20.0. The molecule has 3 fully saturated rings. The van der Waals surface area contributed by atoms with Gasteiger partial charge >= 0.3 is 0 Å². The van der Waals surface area contributed by atoms with Crippen molar-refractivity contribution < 1.29 is 4.74 Å². The predicted octanol–water partition coefficient (Wildman–Crippen LogP) is 5.56. The Bertz CT molecular complexity index is 966. The van der Waals surface area contributed by atoms with Crippen LogP contribution in [0.3, 0.4) is 0 Å². The number of hydrogen-bond acceptors (Lipinski definition) is 3. The molecular weight excluding hydrogens is 380 g/mol. The Morgan fingerprint density at radius 1 is 0.839 bits per heavy atom. The number of fused-ring (bicyclic) bond motifs is 3. The zero-order valence-electron chi connectivity index (χ0n) is 18.2. The molecule has 3 aromatic rings. The Morgan fingerprint density at radius 2 is 1.42 bits per heavy atom. The third kappa shape index (κ3) is 4.15. The average molecular weight is 411 g/mol. The molecule has 0 radical (unpaired) electrons. The first-order chi connectivity index (χ1) is 15.3. The predicted molar refractivity (Wildman–Crippen MR) is 127 cm³/mol. The fourth-order valence-corrected chi connectivity index (χ4v) is 5.30. The molecule has 1 unspecified atom stereocenters. The molecule has 0 amide bonds. The summed E-state index contributed by atoms with van der Waals surface area (Å²) >= 11 is 0. The van der Waals surface area contributed by atoms with Crippen LogP contribution in [0.1, 0.15) is 35.4 Å². The second-order valence-electron chi connectivity index (χ2n) is 8.64. The molecule has 3 nitrogen and oxygen atoms in total. The fourth-order valence-electron chi connectivity index (χ4n) is 5.30. The minimum Gasteiger partial charge on any atom is -0.497 e. The van der Waals surface area contributed by atoms with Crippen molar-refractivity contribution in [3.8, 4) is 5.75 Å². The molecule has 0 N–H and O–H groups in total. The molecule has 3 aromatic carbocycles. The lowest BCUT2D eigenvalue weighted by Gasteiger charge is -2.49. The topological polar surface area (TPSA) is 24.8 Å². The van der Waals surface area contributed by atoms with Gasteiger partial charge in [0.1, 0.15) is 5.75 Å². The van der Waals surface area contributed by atoms with Crippen molar-refractivity contribution in [2.45, 2.75) is 31.3 Å². The summed E-state index contributed by atoms with van der Waals surface area (Å²) in [4.78, 5) is 7.96. The zero-order valence-corrected chi connectivity index (χ0v) is 18.2. The number of hydrogen-bond donors (Lipinski definition) is 0. The van der Waals surface area contributed by atoms with E-state index < -0.39 is 0 Å². The summed E-state index contributed by atoms with van der Waals surface area (Å²) in [6, 6.07) is 30.6. The van der Waals surface area contributed by atoms with Gasteiger partial charge in [-0.2, -0.15) is 0 Å². The lowest BCUT2D eigenvalue weighted by Crippen LogP contribution is -2.58. The van der Waals surface area contributed by atoms with E-state index >= 15 is 0 Å². The molecule has 0 spiro atoms. The maximum absolute atomic E-state index is 5.31. The molecule has 0 aliphatic carbocycles. The first-order valence-electron chi connectivity index (χ1n) is 11.3. The van der Waals surface area contributed by atoms with Crippen molar-refractivity contribution in [3.63, 3.8) is 0 Å². The molecule has 3 aliphatic heterocycles. The average Bonchev–Trinajstić information content (AvgIpc) is 2.86. The molecular formula is C28H30N2O. The van der Waals surface area contributed by atoms with Crippen LogP contribution in [0.5, 0.6) is 5.75 Å². The van der Waals surface area contributed by atoms with Crippen molar-refractivity contribution in [3.05, 3.63) is 102 Å². The van der Waals surface area contributed by atoms with Gasteiger partial charge in [0.15, 0.2) is 0 Å². The largest absolute Gasteiger partial charge is 0.497 e. The summed E-state index contributed by atoms with van der Waals surface area (Å²) in [5.74, 6) is 1.80. The number of ether oxygens (including phenoxy) is 1. The van der Waals surface area contributed by atoms with Gasteiger partial charge in [0.25, 0.3) is 0 Å². The van der Waals surface area contributed by atoms with Crippen LogP contribution >= 0.6 is 0 Å². The fraction of sp³-hybridized carbons (Fsp3) is 0.321. The van der Waals surface area contributed by atoms with E-state index in [-0.39, 0.29) is 0 Å². The standard InChI is InChI=1S/C28H30N2O/c1-31-25-14-12-21(13-15-25)20-29-27-24-16-18-30(19-17-24)28(27)26(22-8-4-2-5-9-22)23-10-6-3-7-11-23/h2-15,24,26,28H,16-20H2,1H3/b29-27+. The third-order valence-corrected chi connectivity index (χ3v) is 6.88. The molecule has 2 bridgehead atoms. The second kappa shape index (κ2) is 9.07. The molecule has 3 saturated heterocycles. The number of rotatable bonds is 6. The van der Waals surface area contributed by atoms with Crippen molar-refractivity contribution >= 4 is 5.71 Å². The molecule has 3 heterocycles. The Kier molecular flexibility index (Phi) is 5.86. The Hall–Kier alpha value is -2.91. The minimum absolute atomic E-state index is 0.306. The van der Waals surface area contributed by atoms with Gasteiger partial charge in [0.05, 0.1) is 19.7 Å². The van der Waals surface area contributed by atoms with E-state index in [9.17, 15) is 0 Å². The van der Waals surface area contributed by atoms with Gasteiger partial charge in [-0.15, -0.1) is 0 Å². The highest BCUT2D eigenvalue weighted by molar-refractivity contribution is 5.94. The molecule has 0 aromatic heterocycles. The summed E-state index contributed by atoms with van der Waals surface area (Å²) in [6.07, 6.45) is 2.46. The van der Waals surface area contributed by atoms with Gasteiger partial charge in [0.2, 0.25) is 0 Å². The molecule has 6 rings (SSSR count). The van der Waals surface area contributed by atoms with Crippen molar-refractivity contribution in [2.24, 2.45) is 10.9 Å². The van der Waals surface area contributed by atoms with E-state index in [1.165, 1.54) is 48.3 Å². The van der Waals surface area contributed by atoms with Gasteiger partial charge in [-0.05, 0) is 54.8 Å². The summed E-state index contributed by atoms with van der Waals surface area (Å²) in [5, 5.41) is 0. The second-order valence-corrected chi connectivity index (χ2v) is 8.64. The van der Waals surface area contributed by atoms with E-state index in [0.29, 0.717) is 17.9 Å². The Labute approximate surface area is 185 Å². The minimum atomic E-state index is 0.306. The molecule has 3 aliphatic rings. The lowest BCUT2D eigenvalue weighted by atomic mass is 9.72. The summed E-state index contributed by atoms with van der Waals surface area (Å²) in [5.41, 5.74) is 5.39. The molecule has 1 atom stereocenters. The number of piperidine rings is 3. The Balaban J connectivity index is 1.53. The van der Waals surface area contributed by atoms with E-state index in [0.717, 1.165) is 12.3 Å². The van der Waals surface area contributed by atoms with Crippen LogP contribution in [-0.2, 0) is 6.54 Å². The van der Waals surface area contributed by atoms with Crippen molar-refractivity contribution in [2.75, 3.05) is 20.2 Å². The van der Waals surface area contributed by atoms with E-state index in [4.69, 9.17) is 9.73 Å². The first-order valence-corrected chi connectivity index (χ1v) is 11.3. The van der Waals surface area contributed by atoms with Crippen LogP contribution in [0.15, 0.2) is 89.9 Å². The highest BCUT2D eigenvalue weighted by Gasteiger charge is 2.43. The SMILES string of the molecule is COc1ccc(C/N=C2\C3CCN(CC3)C2C(c2ccccc2)c2ccccc2)cc1. The van der Waals surface area contributed by atoms with Crippen LogP contribution in [0.25, 0.3) is 0 Å². The van der Waals surface area contributed by atoms with E-state index in [2.05, 4.69) is 77.7 Å². The monoisotopic (exact) mass is 410 g/mol. The smallest absolute Gasteiger partial charge is 0.118 e. The molecule has 3 heteroatoms. The van der Waals surface area contributed by atoms with Crippen LogP contribution < -0.4 is 4.74 Å². The van der Waals surface area contributed by atoms with Crippen molar-refractivity contribution in [1.29, 1.82) is 0 Å². The highest BCUT2D eigenvalue weighted by atomic mass is 16.5. The molecule has 31 heavy (non-hydrogen) atoms. The van der Waals surface area contributed by atoms with Gasteiger partial charge in [0, 0.05) is 17.5 Å². The summed E-state index contributed by atoms with van der Waals surface area (Å²) in [6.45, 7) is 3.08. The molecule has 158 valence electrons. The normalized spacial score (nSPS) is 23.9. The van der Waals surface area contributed by atoms with Crippen LogP contribution in [0.4, 0.5) is 0 Å². The number of benzene rings is 3. The van der Waals surface area contributed by atoms with Crippen LogP contribution in [-0.4, -0.2) is 36.9 Å². The maximum atomic E-state index is 5.31. The van der Waals surface area contributed by atoms with E-state index in [1.807, 2.05) is 12.1 Å². The van der Waals surface area contributed by atoms with Gasteiger partial charge in [-0.25, -0.2) is 0 Å². The van der Waals surface area contributed by atoms with Crippen LogP contribution in [0.2, 0.25) is 0 Å². The summed E-state index contributed by atoms with van der Waals surface area (Å²) in [7, 11) is 1.71. The zero-order chi connectivity index (χ0) is 21.0. The van der Waals surface area contributed by atoms with Gasteiger partial charge < -0.3 is 4.74 Å². The van der Waals surface area contributed by atoms with E-state index in [1.54, 1.807) is 7.11 Å². The third-order valence-electron chi connectivity index (χ3n) is 6.88. The Morgan fingerprint density at radius 3 is 1.97 bits per heavy atom. The quantitative estimate of drug-likeness (QED) is 0.531. The van der Waals surface area contributed by atoms with Crippen LogP contribution in [0, 0.1) is 5.92 Å². The number of nitrogens with zero attached hydrogens (tertiary/aromatic N) is 2. The number of aliphatic imine (C=N–C) groups is 1. The number of methoxy groups -OCH3 is 1. The highest BCUT2D eigenvalue weighted by Crippen LogP contribution is 2.40. The lowest BCUT2D eigenvalue weighted by molar-refractivity contribution is 0.135.